The summed E-state index contributed by atoms with van der Waals surface area (Å²) in [5.41, 5.74) is 5.42. The molecule has 17 heavy (non-hydrogen) atoms. The van der Waals surface area contributed by atoms with Crippen LogP contribution in [0.3, 0.4) is 0 Å². The second-order valence-electron chi connectivity index (χ2n) is 4.26. The molecule has 0 fully saturated rings. The van der Waals surface area contributed by atoms with Gasteiger partial charge < -0.3 is 10.5 Å². The van der Waals surface area contributed by atoms with E-state index in [-0.39, 0.29) is 18.6 Å². The molecule has 0 spiro atoms. The maximum absolute atomic E-state index is 11.5. The van der Waals surface area contributed by atoms with Gasteiger partial charge in [-0.05, 0) is 19.8 Å². The van der Waals surface area contributed by atoms with Gasteiger partial charge in [0.25, 0.3) is 0 Å². The summed E-state index contributed by atoms with van der Waals surface area (Å²) in [7, 11) is -3.94. The van der Waals surface area contributed by atoms with E-state index in [1.54, 1.807) is 18.6 Å². The van der Waals surface area contributed by atoms with Crippen LogP contribution in [0.2, 0.25) is 0 Å². The molecule has 0 aromatic carbocycles. The standard InChI is InChI=1S/C9H21N3O4S/c1-6(2)8(5-10)11-17(14,15)12-9(13)16-7(3)4/h6-8,11H,5,10H2,1-4H3,(H,12,13). The van der Waals surface area contributed by atoms with Gasteiger partial charge in [-0.15, -0.1) is 0 Å². The second kappa shape index (κ2) is 6.77. The van der Waals surface area contributed by atoms with Crippen LogP contribution < -0.4 is 15.2 Å². The van der Waals surface area contributed by atoms with E-state index in [0.29, 0.717) is 0 Å². The Morgan fingerprint density at radius 2 is 1.82 bits per heavy atom. The quantitative estimate of drug-likeness (QED) is 0.624. The van der Waals surface area contributed by atoms with Crippen molar-refractivity contribution in [1.29, 1.82) is 0 Å². The smallest absolute Gasteiger partial charge is 0.422 e. The van der Waals surface area contributed by atoms with Gasteiger partial charge in [0, 0.05) is 12.6 Å². The van der Waals surface area contributed by atoms with E-state index in [1.165, 1.54) is 0 Å². The van der Waals surface area contributed by atoms with Crippen molar-refractivity contribution in [3.63, 3.8) is 0 Å². The summed E-state index contributed by atoms with van der Waals surface area (Å²) in [6.45, 7) is 7.05. The van der Waals surface area contributed by atoms with Gasteiger partial charge in [-0.25, -0.2) is 9.52 Å². The number of carbonyl (C=O) groups excluding carboxylic acids is 1. The number of ether oxygens (including phenoxy) is 1. The lowest BCUT2D eigenvalue weighted by Crippen LogP contribution is -2.50. The summed E-state index contributed by atoms with van der Waals surface area (Å²) >= 11 is 0. The summed E-state index contributed by atoms with van der Waals surface area (Å²) in [5.74, 6) is 0.0256. The monoisotopic (exact) mass is 267 g/mol. The van der Waals surface area contributed by atoms with Gasteiger partial charge in [0.05, 0.1) is 6.10 Å². The van der Waals surface area contributed by atoms with Gasteiger partial charge in [-0.2, -0.15) is 13.1 Å². The average Bonchev–Trinajstić information content (AvgIpc) is 2.11. The molecule has 0 rings (SSSR count). The highest BCUT2D eigenvalue weighted by atomic mass is 32.2. The maximum atomic E-state index is 11.5. The van der Waals surface area contributed by atoms with Crippen molar-refractivity contribution in [1.82, 2.24) is 9.44 Å². The number of nitrogens with one attached hydrogen (secondary N) is 2. The van der Waals surface area contributed by atoms with Crippen molar-refractivity contribution in [2.45, 2.75) is 39.8 Å². The Morgan fingerprint density at radius 1 is 1.29 bits per heavy atom. The van der Waals surface area contributed by atoms with Crippen LogP contribution in [0.5, 0.6) is 0 Å². The predicted molar refractivity (Wildman–Crippen MR) is 64.5 cm³/mol. The molecular formula is C9H21N3O4S. The van der Waals surface area contributed by atoms with Crippen LogP contribution >= 0.6 is 0 Å². The summed E-state index contributed by atoms with van der Waals surface area (Å²) in [6, 6.07) is -0.431. The van der Waals surface area contributed by atoms with E-state index in [1.807, 2.05) is 13.8 Å². The number of nitrogens with two attached hydrogens (primary N) is 1. The molecule has 1 amide bonds. The Labute approximate surface area is 102 Å². The van der Waals surface area contributed by atoms with Crippen molar-refractivity contribution in [2.24, 2.45) is 11.7 Å². The Balaban J connectivity index is 4.43. The SMILES string of the molecule is CC(C)OC(=O)NS(=O)(=O)NC(CN)C(C)C. The second-order valence-corrected chi connectivity index (χ2v) is 5.71. The van der Waals surface area contributed by atoms with Crippen LogP contribution in [0.25, 0.3) is 0 Å². The fourth-order valence-corrected chi connectivity index (χ4v) is 2.13. The molecule has 102 valence electrons. The van der Waals surface area contributed by atoms with Gasteiger partial charge in [0.1, 0.15) is 0 Å². The average molecular weight is 267 g/mol. The number of amides is 1. The first-order valence-corrected chi connectivity index (χ1v) is 6.87. The first-order chi connectivity index (χ1) is 7.68. The lowest BCUT2D eigenvalue weighted by molar-refractivity contribution is 0.121. The minimum atomic E-state index is -3.94. The molecule has 4 N–H and O–H groups in total. The van der Waals surface area contributed by atoms with Gasteiger partial charge in [0.2, 0.25) is 0 Å². The van der Waals surface area contributed by atoms with E-state index in [2.05, 4.69) is 9.46 Å². The third-order valence-electron chi connectivity index (χ3n) is 1.93. The Morgan fingerprint density at radius 3 is 2.18 bits per heavy atom. The van der Waals surface area contributed by atoms with Crippen LogP contribution in [0, 0.1) is 5.92 Å². The molecule has 8 heteroatoms. The number of hydrogen-bond donors (Lipinski definition) is 3. The number of hydrogen-bond acceptors (Lipinski definition) is 5. The molecule has 0 aliphatic carbocycles. The number of rotatable bonds is 6. The van der Waals surface area contributed by atoms with Crippen LogP contribution in [0.1, 0.15) is 27.7 Å². The fourth-order valence-electron chi connectivity index (χ4n) is 1.03. The molecule has 0 aromatic rings. The molecule has 0 aromatic heterocycles. The van der Waals surface area contributed by atoms with Crippen molar-refractivity contribution in [3.05, 3.63) is 0 Å². The van der Waals surface area contributed by atoms with E-state index in [4.69, 9.17) is 5.73 Å². The first kappa shape index (κ1) is 16.1. The normalized spacial score (nSPS) is 13.8. The van der Waals surface area contributed by atoms with Gasteiger partial charge in [-0.3, -0.25) is 0 Å². The molecule has 7 nitrogen and oxygen atoms in total. The summed E-state index contributed by atoms with van der Waals surface area (Å²) < 4.78 is 31.7. The third-order valence-corrected chi connectivity index (χ3v) is 2.97. The van der Waals surface area contributed by atoms with Gasteiger partial charge in [-0.1, -0.05) is 13.8 Å². The lowest BCUT2D eigenvalue weighted by Gasteiger charge is -2.20. The fraction of sp³-hybridized carbons (Fsp3) is 0.889. The summed E-state index contributed by atoms with van der Waals surface area (Å²) in [6.07, 6.45) is -1.40. The Kier molecular flexibility index (Phi) is 6.43. The Hall–Kier alpha value is -0.860. The molecular weight excluding hydrogens is 246 g/mol. The highest BCUT2D eigenvalue weighted by Crippen LogP contribution is 2.01. The van der Waals surface area contributed by atoms with E-state index in [9.17, 15) is 13.2 Å². The molecule has 0 aliphatic rings. The lowest BCUT2D eigenvalue weighted by atomic mass is 10.1. The number of carbonyl (C=O) groups is 1. The predicted octanol–water partition coefficient (Wildman–Crippen LogP) is -0.0613. The minimum absolute atomic E-state index is 0.0256. The topological polar surface area (TPSA) is 111 Å². The zero-order valence-corrected chi connectivity index (χ0v) is 11.4. The molecule has 0 saturated carbocycles. The zero-order chi connectivity index (χ0) is 13.6. The van der Waals surface area contributed by atoms with Crippen molar-refractivity contribution >= 4 is 16.3 Å². The van der Waals surface area contributed by atoms with Crippen LogP contribution in [-0.2, 0) is 14.9 Å². The Bertz CT molecular complexity index is 340. The molecule has 0 bridgehead atoms. The largest absolute Gasteiger partial charge is 0.446 e. The summed E-state index contributed by atoms with van der Waals surface area (Å²) in [4.78, 5) is 11.1. The van der Waals surface area contributed by atoms with E-state index in [0.717, 1.165) is 0 Å². The van der Waals surface area contributed by atoms with Gasteiger partial charge in [0.15, 0.2) is 0 Å². The first-order valence-electron chi connectivity index (χ1n) is 5.38. The molecule has 1 unspecified atom stereocenters. The van der Waals surface area contributed by atoms with Crippen molar-refractivity contribution in [2.75, 3.05) is 6.54 Å². The highest BCUT2D eigenvalue weighted by molar-refractivity contribution is 7.88. The van der Waals surface area contributed by atoms with Crippen LogP contribution in [0.15, 0.2) is 0 Å². The van der Waals surface area contributed by atoms with Crippen molar-refractivity contribution in [3.8, 4) is 0 Å². The van der Waals surface area contributed by atoms with Crippen LogP contribution in [-0.4, -0.2) is 33.2 Å². The molecule has 0 heterocycles. The molecule has 0 radical (unpaired) electrons. The zero-order valence-electron chi connectivity index (χ0n) is 10.6. The highest BCUT2D eigenvalue weighted by Gasteiger charge is 2.22. The molecule has 0 saturated heterocycles. The third kappa shape index (κ3) is 7.14. The maximum Gasteiger partial charge on any atom is 0.422 e. The van der Waals surface area contributed by atoms with E-state index >= 15 is 0 Å². The van der Waals surface area contributed by atoms with Crippen molar-refractivity contribution < 1.29 is 17.9 Å². The van der Waals surface area contributed by atoms with Crippen LogP contribution in [0.4, 0.5) is 4.79 Å². The molecule has 1 atom stereocenters. The van der Waals surface area contributed by atoms with Gasteiger partial charge >= 0.3 is 16.3 Å². The van der Waals surface area contributed by atoms with E-state index < -0.39 is 22.3 Å². The molecule has 0 aliphatic heterocycles. The summed E-state index contributed by atoms with van der Waals surface area (Å²) in [5, 5.41) is 0. The minimum Gasteiger partial charge on any atom is -0.446 e.